The third kappa shape index (κ3) is 4.14. The molecule has 7 heteroatoms. The molecule has 2 rings (SSSR count). The molecule has 24 heavy (non-hydrogen) atoms. The first-order valence-electron chi connectivity index (χ1n) is 7.82. The fraction of sp³-hybridized carbons (Fsp3) is 0.529. The zero-order valence-corrected chi connectivity index (χ0v) is 15.2. The predicted octanol–water partition coefficient (Wildman–Crippen LogP) is 3.52. The Balaban J connectivity index is 2.26. The maximum Gasteiger partial charge on any atom is 0.275 e. The van der Waals surface area contributed by atoms with Gasteiger partial charge in [-0.1, -0.05) is 32.5 Å². The van der Waals surface area contributed by atoms with E-state index in [0.717, 1.165) is 0 Å². The SMILES string of the molecule is CC(=O)SCC1CC(=O)N(c2ccc(C(C)(C)C)c([N+](=O)[O-])c2)C1. The number of amides is 1. The molecule has 0 bridgehead atoms. The van der Waals surface area contributed by atoms with Gasteiger partial charge in [-0.05, 0) is 23.5 Å². The number of carbonyl (C=O) groups is 2. The van der Waals surface area contributed by atoms with Crippen LogP contribution in [0.4, 0.5) is 11.4 Å². The van der Waals surface area contributed by atoms with Crippen LogP contribution in [0.25, 0.3) is 0 Å². The molecule has 1 aromatic carbocycles. The number of benzene rings is 1. The van der Waals surface area contributed by atoms with Gasteiger partial charge < -0.3 is 4.90 Å². The number of nitro groups is 1. The highest BCUT2D eigenvalue weighted by Crippen LogP contribution is 2.36. The molecule has 0 spiro atoms. The number of anilines is 1. The Morgan fingerprint density at radius 3 is 2.62 bits per heavy atom. The van der Waals surface area contributed by atoms with E-state index in [0.29, 0.717) is 30.0 Å². The molecular formula is C17H22N2O4S. The second kappa shape index (κ2) is 6.93. The Morgan fingerprint density at radius 2 is 2.08 bits per heavy atom. The average molecular weight is 350 g/mol. The van der Waals surface area contributed by atoms with Crippen LogP contribution in [0.5, 0.6) is 0 Å². The molecule has 1 aliphatic rings. The van der Waals surface area contributed by atoms with Crippen LogP contribution in [-0.2, 0) is 15.0 Å². The van der Waals surface area contributed by atoms with Crippen molar-refractivity contribution in [3.63, 3.8) is 0 Å². The topological polar surface area (TPSA) is 80.5 Å². The van der Waals surface area contributed by atoms with Gasteiger partial charge in [0.05, 0.1) is 10.6 Å². The van der Waals surface area contributed by atoms with Crippen molar-refractivity contribution in [2.24, 2.45) is 5.92 Å². The number of nitrogens with zero attached hydrogens (tertiary/aromatic N) is 2. The van der Waals surface area contributed by atoms with Gasteiger partial charge >= 0.3 is 0 Å². The van der Waals surface area contributed by atoms with E-state index >= 15 is 0 Å². The van der Waals surface area contributed by atoms with Crippen LogP contribution >= 0.6 is 11.8 Å². The summed E-state index contributed by atoms with van der Waals surface area (Å²) >= 11 is 1.22. The fourth-order valence-corrected chi connectivity index (χ4v) is 3.54. The molecule has 1 heterocycles. The average Bonchev–Trinajstić information content (AvgIpc) is 2.84. The van der Waals surface area contributed by atoms with E-state index in [4.69, 9.17) is 0 Å². The minimum Gasteiger partial charge on any atom is -0.312 e. The molecule has 1 saturated heterocycles. The smallest absolute Gasteiger partial charge is 0.275 e. The summed E-state index contributed by atoms with van der Waals surface area (Å²) in [5.41, 5.74) is 0.882. The van der Waals surface area contributed by atoms with Gasteiger partial charge in [0.25, 0.3) is 5.69 Å². The second-order valence-corrected chi connectivity index (χ2v) is 8.28. The van der Waals surface area contributed by atoms with Crippen molar-refractivity contribution in [2.45, 2.75) is 39.5 Å². The van der Waals surface area contributed by atoms with Crippen molar-refractivity contribution in [2.75, 3.05) is 17.2 Å². The van der Waals surface area contributed by atoms with Crippen LogP contribution in [-0.4, -0.2) is 28.2 Å². The first-order chi connectivity index (χ1) is 11.1. The summed E-state index contributed by atoms with van der Waals surface area (Å²) in [6, 6.07) is 4.99. The van der Waals surface area contributed by atoms with Gasteiger partial charge in [0.15, 0.2) is 5.12 Å². The summed E-state index contributed by atoms with van der Waals surface area (Å²) in [6.07, 6.45) is 0.370. The lowest BCUT2D eigenvalue weighted by molar-refractivity contribution is -0.385. The molecule has 1 aromatic rings. The van der Waals surface area contributed by atoms with Crippen molar-refractivity contribution >= 4 is 34.2 Å². The molecule has 0 aromatic heterocycles. The fourth-order valence-electron chi connectivity index (χ4n) is 2.85. The third-order valence-electron chi connectivity index (χ3n) is 4.03. The zero-order valence-electron chi connectivity index (χ0n) is 14.4. The molecule has 0 saturated carbocycles. The predicted molar refractivity (Wildman–Crippen MR) is 95.4 cm³/mol. The minimum absolute atomic E-state index is 0.0334. The van der Waals surface area contributed by atoms with Gasteiger partial charge in [-0.2, -0.15) is 0 Å². The largest absolute Gasteiger partial charge is 0.312 e. The quantitative estimate of drug-likeness (QED) is 0.613. The van der Waals surface area contributed by atoms with Gasteiger partial charge in [-0.3, -0.25) is 19.7 Å². The Morgan fingerprint density at radius 1 is 1.42 bits per heavy atom. The molecule has 130 valence electrons. The van der Waals surface area contributed by atoms with Crippen molar-refractivity contribution in [3.05, 3.63) is 33.9 Å². The van der Waals surface area contributed by atoms with Crippen LogP contribution in [0, 0.1) is 16.0 Å². The Labute approximate surface area is 145 Å². The normalized spacial score (nSPS) is 18.1. The van der Waals surface area contributed by atoms with Crippen molar-refractivity contribution in [1.29, 1.82) is 0 Å². The summed E-state index contributed by atoms with van der Waals surface area (Å²) in [5.74, 6) is 0.634. The highest BCUT2D eigenvalue weighted by Gasteiger charge is 2.33. The number of rotatable bonds is 4. The van der Waals surface area contributed by atoms with E-state index in [-0.39, 0.29) is 28.0 Å². The number of hydrogen-bond donors (Lipinski definition) is 0. The number of carbonyl (C=O) groups excluding carboxylic acids is 2. The second-order valence-electron chi connectivity index (χ2n) is 7.09. The standard InChI is InChI=1S/C17H22N2O4S/c1-11(20)24-10-12-7-16(21)18(9-12)13-5-6-14(17(2,3)4)15(8-13)19(22)23/h5-6,8,12H,7,9-10H2,1-4H3. The molecule has 1 fully saturated rings. The van der Waals surface area contributed by atoms with E-state index in [1.54, 1.807) is 17.0 Å². The van der Waals surface area contributed by atoms with Crippen molar-refractivity contribution < 1.29 is 14.5 Å². The molecular weight excluding hydrogens is 328 g/mol. The van der Waals surface area contributed by atoms with E-state index in [9.17, 15) is 19.7 Å². The molecule has 1 aliphatic heterocycles. The van der Waals surface area contributed by atoms with Crippen molar-refractivity contribution in [3.8, 4) is 0 Å². The maximum absolute atomic E-state index is 12.3. The first-order valence-corrected chi connectivity index (χ1v) is 8.81. The summed E-state index contributed by atoms with van der Waals surface area (Å²) in [7, 11) is 0. The Bertz CT molecular complexity index is 682. The van der Waals surface area contributed by atoms with Crippen LogP contribution in [0.2, 0.25) is 0 Å². The molecule has 1 atom stereocenters. The van der Waals surface area contributed by atoms with Crippen LogP contribution in [0.1, 0.15) is 39.7 Å². The van der Waals surface area contributed by atoms with Crippen LogP contribution in [0.15, 0.2) is 18.2 Å². The van der Waals surface area contributed by atoms with E-state index in [1.807, 2.05) is 20.8 Å². The number of hydrogen-bond acceptors (Lipinski definition) is 5. The van der Waals surface area contributed by atoms with E-state index in [1.165, 1.54) is 24.8 Å². The minimum atomic E-state index is -0.395. The summed E-state index contributed by atoms with van der Waals surface area (Å²) in [4.78, 5) is 35.9. The lowest BCUT2D eigenvalue weighted by Gasteiger charge is -2.22. The summed E-state index contributed by atoms with van der Waals surface area (Å²) in [5, 5.41) is 11.5. The summed E-state index contributed by atoms with van der Waals surface area (Å²) < 4.78 is 0. The number of nitro benzene ring substituents is 1. The van der Waals surface area contributed by atoms with Crippen LogP contribution < -0.4 is 4.90 Å². The lowest BCUT2D eigenvalue weighted by atomic mass is 9.85. The third-order valence-corrected chi connectivity index (χ3v) is 5.07. The van der Waals surface area contributed by atoms with E-state index < -0.39 is 4.92 Å². The molecule has 6 nitrogen and oxygen atoms in total. The van der Waals surface area contributed by atoms with Gasteiger partial charge in [0, 0.05) is 37.3 Å². The Hall–Kier alpha value is -1.89. The van der Waals surface area contributed by atoms with E-state index in [2.05, 4.69) is 0 Å². The maximum atomic E-state index is 12.3. The molecule has 0 N–H and O–H groups in total. The highest BCUT2D eigenvalue weighted by atomic mass is 32.2. The summed E-state index contributed by atoms with van der Waals surface area (Å²) in [6.45, 7) is 7.76. The lowest BCUT2D eigenvalue weighted by Crippen LogP contribution is -2.25. The first kappa shape index (κ1) is 18.4. The van der Waals surface area contributed by atoms with Gasteiger partial charge in [-0.15, -0.1) is 0 Å². The van der Waals surface area contributed by atoms with Crippen molar-refractivity contribution in [1.82, 2.24) is 0 Å². The number of thioether (sulfide) groups is 1. The van der Waals surface area contributed by atoms with Gasteiger partial charge in [0.1, 0.15) is 0 Å². The highest BCUT2D eigenvalue weighted by molar-refractivity contribution is 8.13. The monoisotopic (exact) mass is 350 g/mol. The molecule has 1 unspecified atom stereocenters. The zero-order chi connectivity index (χ0) is 18.1. The molecule has 1 amide bonds. The Kier molecular flexibility index (Phi) is 5.32. The van der Waals surface area contributed by atoms with Gasteiger partial charge in [0.2, 0.25) is 5.91 Å². The molecule has 0 aliphatic carbocycles. The molecule has 0 radical (unpaired) electrons. The van der Waals surface area contributed by atoms with Gasteiger partial charge in [-0.25, -0.2) is 0 Å². The van der Waals surface area contributed by atoms with Crippen LogP contribution in [0.3, 0.4) is 0 Å².